The molecule has 0 radical (unpaired) electrons. The van der Waals surface area contributed by atoms with Gasteiger partial charge in [-0.25, -0.2) is 19.9 Å². The van der Waals surface area contributed by atoms with Crippen LogP contribution in [-0.4, -0.2) is 19.9 Å². The van der Waals surface area contributed by atoms with Gasteiger partial charge in [0.1, 0.15) is 11.4 Å². The molecule has 4 aromatic heterocycles. The van der Waals surface area contributed by atoms with Crippen LogP contribution in [0.15, 0.2) is 142 Å². The van der Waals surface area contributed by atoms with Gasteiger partial charge in [-0.15, -0.1) is 0 Å². The number of benzene rings is 6. The molecule has 0 bridgehead atoms. The van der Waals surface area contributed by atoms with Gasteiger partial charge in [0.2, 0.25) is 0 Å². The largest absolute Gasteiger partial charge is 0.439 e. The molecule has 0 saturated carbocycles. The van der Waals surface area contributed by atoms with Crippen LogP contribution in [0.4, 0.5) is 0 Å². The van der Waals surface area contributed by atoms with Gasteiger partial charge in [0.15, 0.2) is 23.3 Å². The second-order valence-electron chi connectivity index (χ2n) is 13.8. The Hall–Kier alpha value is -6.92. The van der Waals surface area contributed by atoms with Crippen LogP contribution >= 0.6 is 0 Å². The Morgan fingerprint density at radius 2 is 0.574 bits per heavy atom. The van der Waals surface area contributed by atoms with E-state index in [1.54, 1.807) is 0 Å². The van der Waals surface area contributed by atoms with Crippen molar-refractivity contribution in [3.63, 3.8) is 0 Å². The second-order valence-corrected chi connectivity index (χ2v) is 13.8. The second kappa shape index (κ2) is 12.3. The first-order chi connectivity index (χ1) is 26.4. The molecule has 4 heterocycles. The first kappa shape index (κ1) is 31.8. The third-order valence-electron chi connectivity index (χ3n) is 10.4. The zero-order valence-electron chi connectivity index (χ0n) is 30.3. The monoisotopic (exact) mass is 698 g/mol. The fourth-order valence-corrected chi connectivity index (χ4v) is 8.29. The van der Waals surface area contributed by atoms with Crippen molar-refractivity contribution in [3.05, 3.63) is 157 Å². The van der Waals surface area contributed by atoms with Crippen molar-refractivity contribution in [3.8, 4) is 56.6 Å². The van der Waals surface area contributed by atoms with Gasteiger partial charge in [0.05, 0.1) is 22.8 Å². The number of fused-ring (bicyclic) bond motifs is 4. The Labute approximate surface area is 311 Å². The summed E-state index contributed by atoms with van der Waals surface area (Å²) in [7, 11) is 0. The van der Waals surface area contributed by atoms with E-state index in [1.165, 1.54) is 11.1 Å². The molecule has 6 aromatic carbocycles. The molecule has 0 N–H and O–H groups in total. The highest BCUT2D eigenvalue weighted by Gasteiger charge is 2.24. The summed E-state index contributed by atoms with van der Waals surface area (Å²) in [5.41, 5.74) is 9.51. The van der Waals surface area contributed by atoms with E-state index in [0.29, 0.717) is 23.3 Å². The average molecular weight is 699 g/mol. The van der Waals surface area contributed by atoms with Crippen LogP contribution in [0.3, 0.4) is 0 Å². The van der Waals surface area contributed by atoms with Gasteiger partial charge in [-0.3, -0.25) is 0 Å². The van der Waals surface area contributed by atoms with Crippen molar-refractivity contribution in [1.82, 2.24) is 19.9 Å². The summed E-state index contributed by atoms with van der Waals surface area (Å²) in [5.74, 6) is 2.65. The molecule has 0 aliphatic carbocycles. The van der Waals surface area contributed by atoms with Crippen molar-refractivity contribution in [1.29, 1.82) is 0 Å². The summed E-state index contributed by atoms with van der Waals surface area (Å²) in [4.78, 5) is 19.5. The molecule has 6 heteroatoms. The lowest BCUT2D eigenvalue weighted by Gasteiger charge is -2.22. The summed E-state index contributed by atoms with van der Waals surface area (Å²) >= 11 is 0. The van der Waals surface area contributed by atoms with E-state index in [-0.39, 0.29) is 0 Å². The lowest BCUT2D eigenvalue weighted by Crippen LogP contribution is -1.96. The lowest BCUT2D eigenvalue weighted by molar-refractivity contribution is 0.532. The number of oxazole rings is 2. The number of hydrogen-bond donors (Lipinski definition) is 0. The van der Waals surface area contributed by atoms with Gasteiger partial charge in [-0.2, -0.15) is 0 Å². The Morgan fingerprint density at radius 3 is 0.852 bits per heavy atom. The Kier molecular flexibility index (Phi) is 7.27. The number of pyridine rings is 2. The average Bonchev–Trinajstić information content (AvgIpc) is 3.73. The third-order valence-corrected chi connectivity index (χ3v) is 10.4. The maximum Gasteiger partial charge on any atom is 0.192 e. The molecule has 0 spiro atoms. The minimum absolute atomic E-state index is 0.629. The van der Waals surface area contributed by atoms with Crippen LogP contribution < -0.4 is 0 Å². The Morgan fingerprint density at radius 1 is 0.296 bits per heavy atom. The predicted molar refractivity (Wildman–Crippen MR) is 218 cm³/mol. The Balaban J connectivity index is 1.28. The maximum atomic E-state index is 6.02. The van der Waals surface area contributed by atoms with E-state index < -0.39 is 0 Å². The molecule has 0 aliphatic rings. The van der Waals surface area contributed by atoms with E-state index in [9.17, 15) is 0 Å². The van der Waals surface area contributed by atoms with E-state index >= 15 is 0 Å². The van der Waals surface area contributed by atoms with Gasteiger partial charge < -0.3 is 8.83 Å². The molecule has 0 atom stereocenters. The summed E-state index contributed by atoms with van der Waals surface area (Å²) in [6.45, 7) is 7.66. The predicted octanol–water partition coefficient (Wildman–Crippen LogP) is 12.6. The Bertz CT molecular complexity index is 2790. The quantitative estimate of drug-likeness (QED) is 0.167. The highest BCUT2D eigenvalue weighted by molar-refractivity contribution is 6.29. The lowest BCUT2D eigenvalue weighted by atomic mass is 9.82. The molecule has 10 rings (SSSR count). The SMILES string of the molecule is Cc1nc(C)c(-c2cccc(-c3c4ccccc4c(-c4c5ccccc5c(-c5cccc(-c6oc(C)nc6C)n5)c5ccccc45)c4ccccc34)n2)o1. The first-order valence-corrected chi connectivity index (χ1v) is 18.2. The molecular formula is C48H34N4O2. The van der Waals surface area contributed by atoms with Crippen LogP contribution in [0.2, 0.25) is 0 Å². The summed E-state index contributed by atoms with van der Waals surface area (Å²) in [6.07, 6.45) is 0. The van der Waals surface area contributed by atoms with E-state index in [0.717, 1.165) is 88.4 Å². The summed E-state index contributed by atoms with van der Waals surface area (Å²) in [5, 5.41) is 9.15. The fraction of sp³-hybridized carbons (Fsp3) is 0.0833. The number of hydrogen-bond acceptors (Lipinski definition) is 6. The minimum atomic E-state index is 0.629. The van der Waals surface area contributed by atoms with E-state index in [1.807, 2.05) is 39.8 Å². The van der Waals surface area contributed by atoms with E-state index in [2.05, 4.69) is 131 Å². The summed E-state index contributed by atoms with van der Waals surface area (Å²) < 4.78 is 12.0. The maximum absolute atomic E-state index is 6.02. The minimum Gasteiger partial charge on any atom is -0.439 e. The standard InChI is InChI=1S/C48H34N4O2/c1-27-47(53-29(3)49-27)41-25-13-23-39(51-41)43-31-15-5-9-19-35(31)45(36-20-10-6-16-32(36)43)46-37-21-11-7-17-33(37)44(34-18-8-12-22-38(34)46)40-24-14-26-42(52-40)48-28(2)50-30(4)54-48/h5-26H,1-4H3. The van der Waals surface area contributed by atoms with Gasteiger partial charge >= 0.3 is 0 Å². The molecule has 0 fully saturated rings. The van der Waals surface area contributed by atoms with Crippen LogP contribution in [0.1, 0.15) is 23.2 Å². The van der Waals surface area contributed by atoms with Crippen molar-refractivity contribution < 1.29 is 8.83 Å². The number of aryl methyl sites for hydroxylation is 4. The zero-order chi connectivity index (χ0) is 36.5. The van der Waals surface area contributed by atoms with Gasteiger partial charge in [0, 0.05) is 25.0 Å². The summed E-state index contributed by atoms with van der Waals surface area (Å²) in [6, 6.07) is 47.2. The molecule has 0 saturated heterocycles. The highest BCUT2D eigenvalue weighted by atomic mass is 16.4. The molecule has 258 valence electrons. The molecule has 10 aromatic rings. The third kappa shape index (κ3) is 4.95. The van der Waals surface area contributed by atoms with Crippen molar-refractivity contribution in [2.45, 2.75) is 27.7 Å². The smallest absolute Gasteiger partial charge is 0.192 e. The number of nitrogens with zero attached hydrogens (tertiary/aromatic N) is 4. The highest BCUT2D eigenvalue weighted by Crippen LogP contribution is 2.49. The molecule has 0 aliphatic heterocycles. The van der Waals surface area contributed by atoms with Crippen LogP contribution in [0.5, 0.6) is 0 Å². The molecule has 0 amide bonds. The molecule has 0 unspecified atom stereocenters. The fourth-order valence-electron chi connectivity index (χ4n) is 8.29. The van der Waals surface area contributed by atoms with E-state index in [4.69, 9.17) is 18.8 Å². The van der Waals surface area contributed by atoms with Crippen LogP contribution in [0.25, 0.3) is 99.6 Å². The van der Waals surface area contributed by atoms with Gasteiger partial charge in [-0.05, 0) is 92.3 Å². The normalized spacial score (nSPS) is 11.7. The van der Waals surface area contributed by atoms with Gasteiger partial charge in [0.25, 0.3) is 0 Å². The van der Waals surface area contributed by atoms with Gasteiger partial charge in [-0.1, -0.05) is 109 Å². The molecular weight excluding hydrogens is 665 g/mol. The zero-order valence-corrected chi connectivity index (χ0v) is 30.3. The van der Waals surface area contributed by atoms with Crippen molar-refractivity contribution in [2.75, 3.05) is 0 Å². The van der Waals surface area contributed by atoms with Crippen LogP contribution in [-0.2, 0) is 0 Å². The number of aromatic nitrogens is 4. The van der Waals surface area contributed by atoms with Crippen molar-refractivity contribution >= 4 is 43.1 Å². The topological polar surface area (TPSA) is 77.8 Å². The molecule has 54 heavy (non-hydrogen) atoms. The van der Waals surface area contributed by atoms with Crippen LogP contribution in [0, 0.1) is 27.7 Å². The number of rotatable bonds is 5. The first-order valence-electron chi connectivity index (χ1n) is 18.2. The molecule has 6 nitrogen and oxygen atoms in total. The van der Waals surface area contributed by atoms with Crippen molar-refractivity contribution in [2.24, 2.45) is 0 Å².